The third-order valence-electron chi connectivity index (χ3n) is 3.51. The molecule has 0 fully saturated rings. The molecule has 0 bridgehead atoms. The van der Waals surface area contributed by atoms with E-state index in [1.807, 2.05) is 43.3 Å². The fraction of sp³-hybridized carbons (Fsp3) is 0.235. The predicted octanol–water partition coefficient (Wildman–Crippen LogP) is 3.80. The third-order valence-corrected chi connectivity index (χ3v) is 3.51. The number of rotatable bonds is 4. The van der Waals surface area contributed by atoms with E-state index < -0.39 is 0 Å². The van der Waals surface area contributed by atoms with Crippen molar-refractivity contribution in [2.75, 3.05) is 5.32 Å². The van der Waals surface area contributed by atoms with Crippen LogP contribution in [0.5, 0.6) is 0 Å². The number of fused-ring (bicyclic) bond motifs is 1. The average Bonchev–Trinajstić information content (AvgIpc) is 2.86. The van der Waals surface area contributed by atoms with E-state index in [4.69, 9.17) is 4.42 Å². The maximum absolute atomic E-state index is 9.22. The van der Waals surface area contributed by atoms with Gasteiger partial charge in [-0.3, -0.25) is 0 Å². The SMILES string of the molecule is Cc1nc2cc(NC(C)c3cccc(CO)c3)ccc2o1. The van der Waals surface area contributed by atoms with Crippen LogP contribution in [0.2, 0.25) is 0 Å². The number of aliphatic hydroxyl groups is 1. The minimum atomic E-state index is 0.0603. The molecule has 1 atom stereocenters. The van der Waals surface area contributed by atoms with Crippen molar-refractivity contribution in [1.29, 1.82) is 0 Å². The highest BCUT2D eigenvalue weighted by molar-refractivity contribution is 5.77. The number of aliphatic hydroxyl groups excluding tert-OH is 1. The molecule has 0 aliphatic rings. The van der Waals surface area contributed by atoms with Crippen LogP contribution < -0.4 is 5.32 Å². The minimum absolute atomic E-state index is 0.0603. The van der Waals surface area contributed by atoms with Crippen LogP contribution in [0.25, 0.3) is 11.1 Å². The summed E-state index contributed by atoms with van der Waals surface area (Å²) in [6.45, 7) is 4.00. The molecule has 2 aromatic carbocycles. The first-order valence-electron chi connectivity index (χ1n) is 6.99. The number of nitrogens with one attached hydrogen (secondary N) is 1. The number of nitrogens with zero attached hydrogens (tertiary/aromatic N) is 1. The maximum atomic E-state index is 9.22. The zero-order chi connectivity index (χ0) is 14.8. The molecule has 1 heterocycles. The predicted molar refractivity (Wildman–Crippen MR) is 83.1 cm³/mol. The zero-order valence-corrected chi connectivity index (χ0v) is 12.1. The summed E-state index contributed by atoms with van der Waals surface area (Å²) < 4.78 is 5.48. The van der Waals surface area contributed by atoms with Crippen molar-refractivity contribution in [2.45, 2.75) is 26.5 Å². The Labute approximate surface area is 123 Å². The molecule has 3 rings (SSSR count). The molecule has 3 aromatic rings. The molecule has 0 aliphatic heterocycles. The first-order chi connectivity index (χ1) is 10.2. The summed E-state index contributed by atoms with van der Waals surface area (Å²) in [5.74, 6) is 0.672. The Kier molecular flexibility index (Phi) is 3.62. The van der Waals surface area contributed by atoms with Crippen LogP contribution in [0.4, 0.5) is 5.69 Å². The first-order valence-corrected chi connectivity index (χ1v) is 6.99. The Morgan fingerprint density at radius 3 is 2.90 bits per heavy atom. The topological polar surface area (TPSA) is 58.3 Å². The minimum Gasteiger partial charge on any atom is -0.441 e. The van der Waals surface area contributed by atoms with Crippen molar-refractivity contribution < 1.29 is 9.52 Å². The number of hydrogen-bond acceptors (Lipinski definition) is 4. The van der Waals surface area contributed by atoms with E-state index in [0.717, 1.165) is 27.9 Å². The van der Waals surface area contributed by atoms with Gasteiger partial charge in [-0.2, -0.15) is 0 Å². The molecular formula is C17H18N2O2. The van der Waals surface area contributed by atoms with Crippen LogP contribution in [0.3, 0.4) is 0 Å². The number of benzene rings is 2. The summed E-state index contributed by atoms with van der Waals surface area (Å²) in [6.07, 6.45) is 0. The van der Waals surface area contributed by atoms with Gasteiger partial charge in [-0.25, -0.2) is 4.98 Å². The Morgan fingerprint density at radius 2 is 2.10 bits per heavy atom. The van der Waals surface area contributed by atoms with Crippen LogP contribution in [-0.2, 0) is 6.61 Å². The maximum Gasteiger partial charge on any atom is 0.192 e. The van der Waals surface area contributed by atoms with Gasteiger partial charge in [0.25, 0.3) is 0 Å². The average molecular weight is 282 g/mol. The molecule has 0 radical (unpaired) electrons. The van der Waals surface area contributed by atoms with E-state index >= 15 is 0 Å². The van der Waals surface area contributed by atoms with E-state index in [0.29, 0.717) is 5.89 Å². The normalized spacial score (nSPS) is 12.5. The van der Waals surface area contributed by atoms with Gasteiger partial charge in [0.05, 0.1) is 6.61 Å². The molecule has 0 aliphatic carbocycles. The first kappa shape index (κ1) is 13.6. The summed E-state index contributed by atoms with van der Waals surface area (Å²) in [4.78, 5) is 4.34. The lowest BCUT2D eigenvalue weighted by atomic mass is 10.1. The molecule has 2 N–H and O–H groups in total. The van der Waals surface area contributed by atoms with E-state index in [2.05, 4.69) is 23.3 Å². The monoisotopic (exact) mass is 282 g/mol. The van der Waals surface area contributed by atoms with E-state index in [1.54, 1.807) is 0 Å². The van der Waals surface area contributed by atoms with Crippen LogP contribution in [0.15, 0.2) is 46.9 Å². The molecule has 21 heavy (non-hydrogen) atoms. The van der Waals surface area contributed by atoms with Crippen LogP contribution in [-0.4, -0.2) is 10.1 Å². The quantitative estimate of drug-likeness (QED) is 0.764. The molecule has 108 valence electrons. The second-order valence-electron chi connectivity index (χ2n) is 5.18. The molecular weight excluding hydrogens is 264 g/mol. The van der Waals surface area contributed by atoms with Crippen molar-refractivity contribution in [3.8, 4) is 0 Å². The summed E-state index contributed by atoms with van der Waals surface area (Å²) >= 11 is 0. The van der Waals surface area contributed by atoms with Crippen LogP contribution in [0.1, 0.15) is 30.0 Å². The lowest BCUT2D eigenvalue weighted by Crippen LogP contribution is -2.06. The number of hydrogen-bond donors (Lipinski definition) is 2. The Balaban J connectivity index is 1.83. The summed E-state index contributed by atoms with van der Waals surface area (Å²) in [5.41, 5.74) is 4.71. The lowest BCUT2D eigenvalue weighted by Gasteiger charge is -2.16. The van der Waals surface area contributed by atoms with Crippen LogP contribution in [0, 0.1) is 6.92 Å². The van der Waals surface area contributed by atoms with Crippen molar-refractivity contribution in [1.82, 2.24) is 4.98 Å². The highest BCUT2D eigenvalue weighted by atomic mass is 16.3. The number of aromatic nitrogens is 1. The van der Waals surface area contributed by atoms with E-state index in [-0.39, 0.29) is 12.6 Å². The smallest absolute Gasteiger partial charge is 0.192 e. The number of anilines is 1. The lowest BCUT2D eigenvalue weighted by molar-refractivity contribution is 0.281. The van der Waals surface area contributed by atoms with Gasteiger partial charge in [0, 0.05) is 18.7 Å². The van der Waals surface area contributed by atoms with Gasteiger partial charge < -0.3 is 14.8 Å². The number of aryl methyl sites for hydroxylation is 1. The van der Waals surface area contributed by atoms with Crippen molar-refractivity contribution in [3.05, 3.63) is 59.5 Å². The van der Waals surface area contributed by atoms with Gasteiger partial charge in [-0.1, -0.05) is 24.3 Å². The molecule has 0 spiro atoms. The largest absolute Gasteiger partial charge is 0.441 e. The second-order valence-corrected chi connectivity index (χ2v) is 5.18. The van der Waals surface area contributed by atoms with Gasteiger partial charge in [0.2, 0.25) is 0 Å². The Hall–Kier alpha value is -2.33. The van der Waals surface area contributed by atoms with Crippen molar-refractivity contribution in [2.24, 2.45) is 0 Å². The van der Waals surface area contributed by atoms with Crippen molar-refractivity contribution >= 4 is 16.8 Å². The molecule has 1 unspecified atom stereocenters. The molecule has 0 saturated heterocycles. The molecule has 0 amide bonds. The molecule has 0 saturated carbocycles. The third kappa shape index (κ3) is 2.90. The second kappa shape index (κ2) is 5.58. The van der Waals surface area contributed by atoms with Gasteiger partial charge in [-0.05, 0) is 36.2 Å². The Bertz CT molecular complexity index is 764. The van der Waals surface area contributed by atoms with Gasteiger partial charge in [-0.15, -0.1) is 0 Å². The van der Waals surface area contributed by atoms with Gasteiger partial charge in [0.15, 0.2) is 11.5 Å². The Morgan fingerprint density at radius 1 is 1.24 bits per heavy atom. The molecule has 1 aromatic heterocycles. The van der Waals surface area contributed by atoms with Gasteiger partial charge >= 0.3 is 0 Å². The van der Waals surface area contributed by atoms with Crippen LogP contribution >= 0.6 is 0 Å². The summed E-state index contributed by atoms with van der Waals surface area (Å²) in [6, 6.07) is 14.0. The summed E-state index contributed by atoms with van der Waals surface area (Å²) in [7, 11) is 0. The highest BCUT2D eigenvalue weighted by Crippen LogP contribution is 2.24. The zero-order valence-electron chi connectivity index (χ0n) is 12.1. The molecule has 4 nitrogen and oxygen atoms in total. The standard InChI is InChI=1S/C17H18N2O2/c1-11(14-5-3-4-13(8-14)10-20)18-15-6-7-17-16(9-15)19-12(2)21-17/h3-9,11,18,20H,10H2,1-2H3. The summed E-state index contributed by atoms with van der Waals surface area (Å²) in [5, 5.41) is 12.7. The highest BCUT2D eigenvalue weighted by Gasteiger charge is 2.08. The van der Waals surface area contributed by atoms with Gasteiger partial charge in [0.1, 0.15) is 5.52 Å². The number of oxazole rings is 1. The fourth-order valence-corrected chi connectivity index (χ4v) is 2.43. The van der Waals surface area contributed by atoms with E-state index in [1.165, 1.54) is 0 Å². The van der Waals surface area contributed by atoms with E-state index in [9.17, 15) is 5.11 Å². The fourth-order valence-electron chi connectivity index (χ4n) is 2.43. The molecule has 4 heteroatoms. The van der Waals surface area contributed by atoms with Crippen molar-refractivity contribution in [3.63, 3.8) is 0 Å².